The molecule has 0 spiro atoms. The molecule has 0 aliphatic heterocycles. The second kappa shape index (κ2) is 8.34. The van der Waals surface area contributed by atoms with Gasteiger partial charge in [0, 0.05) is 45.9 Å². The summed E-state index contributed by atoms with van der Waals surface area (Å²) in [6, 6.07) is 6.25. The average Bonchev–Trinajstić information content (AvgIpc) is 3.14. The second-order valence-electron chi connectivity index (χ2n) is 7.26. The minimum atomic E-state index is -0.164. The predicted molar refractivity (Wildman–Crippen MR) is 117 cm³/mol. The standard InChI is InChI=1S/C22H27N5O2/c1-6-27(26-29)10-9-23-22(28)21-14(3)20(25-16(21)5)12-17-15(4)24-19-8-7-13(2)11-18(17)19/h7-8,11-12,24-25H,4,6,9-10H2,1-3,5H3,(H,23,28)/b17-12+. The highest BCUT2D eigenvalue weighted by atomic mass is 16.3. The Bertz CT molecular complexity index is 1170. The molecular formula is C22H27N5O2. The summed E-state index contributed by atoms with van der Waals surface area (Å²) in [5, 5.41) is 10.1. The van der Waals surface area contributed by atoms with Crippen LogP contribution in [0.5, 0.6) is 0 Å². The molecule has 0 aliphatic rings. The van der Waals surface area contributed by atoms with E-state index in [1.54, 1.807) is 0 Å². The third-order valence-electron chi connectivity index (χ3n) is 5.20. The summed E-state index contributed by atoms with van der Waals surface area (Å²) < 4.78 is 0. The zero-order valence-corrected chi connectivity index (χ0v) is 17.3. The van der Waals surface area contributed by atoms with Crippen molar-refractivity contribution in [2.24, 2.45) is 5.29 Å². The maximum Gasteiger partial charge on any atom is 0.253 e. The van der Waals surface area contributed by atoms with Crippen LogP contribution in [-0.4, -0.2) is 40.5 Å². The third kappa shape index (κ3) is 4.08. The minimum Gasteiger partial charge on any atom is -0.358 e. The highest BCUT2D eigenvalue weighted by Crippen LogP contribution is 2.19. The van der Waals surface area contributed by atoms with E-state index in [1.165, 1.54) is 10.6 Å². The molecule has 2 heterocycles. The highest BCUT2D eigenvalue weighted by Gasteiger charge is 2.17. The lowest BCUT2D eigenvalue weighted by atomic mass is 10.1. The summed E-state index contributed by atoms with van der Waals surface area (Å²) in [7, 11) is 0. The van der Waals surface area contributed by atoms with Crippen molar-refractivity contribution < 1.29 is 4.79 Å². The smallest absolute Gasteiger partial charge is 0.253 e. The van der Waals surface area contributed by atoms with Crippen molar-refractivity contribution in [1.82, 2.24) is 20.3 Å². The van der Waals surface area contributed by atoms with Crippen molar-refractivity contribution in [3.63, 3.8) is 0 Å². The van der Waals surface area contributed by atoms with Crippen molar-refractivity contribution in [2.75, 3.05) is 19.6 Å². The number of hydrogen-bond donors (Lipinski definition) is 3. The molecule has 0 saturated carbocycles. The molecule has 7 nitrogen and oxygen atoms in total. The summed E-state index contributed by atoms with van der Waals surface area (Å²) in [4.78, 5) is 30.0. The van der Waals surface area contributed by atoms with E-state index in [9.17, 15) is 9.70 Å². The monoisotopic (exact) mass is 393 g/mol. The van der Waals surface area contributed by atoms with Gasteiger partial charge in [-0.05, 0) is 51.5 Å². The molecule has 3 aromatic rings. The van der Waals surface area contributed by atoms with Crippen LogP contribution in [0.25, 0.3) is 23.6 Å². The highest BCUT2D eigenvalue weighted by molar-refractivity contribution is 5.98. The second-order valence-corrected chi connectivity index (χ2v) is 7.26. The maximum atomic E-state index is 12.7. The zero-order valence-electron chi connectivity index (χ0n) is 17.3. The number of nitroso groups, excluding NO2 is 1. The van der Waals surface area contributed by atoms with E-state index >= 15 is 0 Å². The van der Waals surface area contributed by atoms with Gasteiger partial charge >= 0.3 is 0 Å². The number of aromatic amines is 2. The lowest BCUT2D eigenvalue weighted by Gasteiger charge is -2.13. The van der Waals surface area contributed by atoms with Gasteiger partial charge in [-0.3, -0.25) is 9.80 Å². The van der Waals surface area contributed by atoms with Gasteiger partial charge in [0.1, 0.15) is 0 Å². The summed E-state index contributed by atoms with van der Waals surface area (Å²) in [5.41, 5.74) is 5.40. The van der Waals surface area contributed by atoms with E-state index < -0.39 is 0 Å². The molecule has 0 atom stereocenters. The Morgan fingerprint density at radius 1 is 1.28 bits per heavy atom. The number of aryl methyl sites for hydroxylation is 2. The number of nitrogens with one attached hydrogen (secondary N) is 3. The van der Waals surface area contributed by atoms with Gasteiger partial charge in [0.2, 0.25) is 0 Å². The van der Waals surface area contributed by atoms with Crippen molar-refractivity contribution in [3.8, 4) is 0 Å². The molecule has 0 saturated heterocycles. The fourth-order valence-corrected chi connectivity index (χ4v) is 3.59. The summed E-state index contributed by atoms with van der Waals surface area (Å²) in [5.74, 6) is -0.164. The van der Waals surface area contributed by atoms with Gasteiger partial charge in [0.05, 0.1) is 17.4 Å². The van der Waals surface area contributed by atoms with Crippen LogP contribution < -0.4 is 15.9 Å². The molecule has 7 heteroatoms. The third-order valence-corrected chi connectivity index (χ3v) is 5.20. The van der Waals surface area contributed by atoms with Crippen molar-refractivity contribution in [1.29, 1.82) is 0 Å². The van der Waals surface area contributed by atoms with Gasteiger partial charge in [-0.1, -0.05) is 18.2 Å². The number of hydrogen-bond acceptors (Lipinski definition) is 3. The Balaban J connectivity index is 1.92. The number of carbonyl (C=O) groups is 1. The lowest BCUT2D eigenvalue weighted by molar-refractivity contribution is 0.0947. The van der Waals surface area contributed by atoms with Crippen LogP contribution in [0.15, 0.2) is 23.5 Å². The fraction of sp³-hybridized carbons (Fsp3) is 0.318. The molecule has 29 heavy (non-hydrogen) atoms. The van der Waals surface area contributed by atoms with Gasteiger partial charge in [-0.25, -0.2) is 0 Å². The first kappa shape index (κ1) is 20.4. The van der Waals surface area contributed by atoms with Crippen molar-refractivity contribution in [2.45, 2.75) is 27.7 Å². The Kier molecular flexibility index (Phi) is 5.87. The SMILES string of the molecule is C=c1[nH]c2ccc(C)cc2/c1=C/c1[nH]c(C)c(C(=O)NCCN(CC)N=O)c1C. The Hall–Kier alpha value is -3.35. The van der Waals surface area contributed by atoms with Crippen LogP contribution in [-0.2, 0) is 0 Å². The average molecular weight is 393 g/mol. The number of H-pyrrole nitrogens is 2. The van der Waals surface area contributed by atoms with Crippen molar-refractivity contribution in [3.05, 3.63) is 61.8 Å². The van der Waals surface area contributed by atoms with E-state index in [-0.39, 0.29) is 5.91 Å². The summed E-state index contributed by atoms with van der Waals surface area (Å²) in [6.07, 6.45) is 2.04. The largest absolute Gasteiger partial charge is 0.358 e. The first-order valence-electron chi connectivity index (χ1n) is 9.70. The number of rotatable bonds is 7. The van der Waals surface area contributed by atoms with Gasteiger partial charge in [-0.15, -0.1) is 4.91 Å². The molecule has 3 rings (SSSR count). The molecule has 1 aromatic carbocycles. The van der Waals surface area contributed by atoms with Gasteiger partial charge < -0.3 is 15.3 Å². The molecule has 1 amide bonds. The number of carbonyl (C=O) groups excluding carboxylic acids is 1. The number of aromatic nitrogens is 2. The van der Waals surface area contributed by atoms with E-state index in [2.05, 4.69) is 52.3 Å². The summed E-state index contributed by atoms with van der Waals surface area (Å²) in [6.45, 7) is 13.1. The van der Waals surface area contributed by atoms with Crippen molar-refractivity contribution >= 4 is 29.5 Å². The van der Waals surface area contributed by atoms with E-state index in [4.69, 9.17) is 0 Å². The molecule has 0 aliphatic carbocycles. The first-order valence-corrected chi connectivity index (χ1v) is 9.70. The number of benzene rings is 1. The van der Waals surface area contributed by atoms with Crippen LogP contribution >= 0.6 is 0 Å². The molecule has 0 bridgehead atoms. The van der Waals surface area contributed by atoms with Crippen LogP contribution in [0.2, 0.25) is 0 Å². The lowest BCUT2D eigenvalue weighted by Crippen LogP contribution is -2.32. The predicted octanol–water partition coefficient (Wildman–Crippen LogP) is 2.39. The quantitative estimate of drug-likeness (QED) is 0.425. The molecule has 0 unspecified atom stereocenters. The van der Waals surface area contributed by atoms with Crippen LogP contribution in [0.1, 0.15) is 39.8 Å². The van der Waals surface area contributed by atoms with Gasteiger partial charge in [-0.2, -0.15) is 0 Å². The molecule has 3 N–H and O–H groups in total. The van der Waals surface area contributed by atoms with E-state index in [1.807, 2.05) is 26.8 Å². The van der Waals surface area contributed by atoms with Crippen LogP contribution in [0.3, 0.4) is 0 Å². The zero-order chi connectivity index (χ0) is 21.1. The molecule has 2 aromatic heterocycles. The maximum absolute atomic E-state index is 12.7. The van der Waals surface area contributed by atoms with Gasteiger partial charge in [0.15, 0.2) is 0 Å². The van der Waals surface area contributed by atoms with E-state index in [0.717, 1.165) is 38.4 Å². The first-order chi connectivity index (χ1) is 13.8. The number of amides is 1. The number of likely N-dealkylation sites (N-methyl/N-ethyl adjacent to an activating group) is 1. The minimum absolute atomic E-state index is 0.164. The Morgan fingerprint density at radius 3 is 2.72 bits per heavy atom. The fourth-order valence-electron chi connectivity index (χ4n) is 3.59. The van der Waals surface area contributed by atoms with Crippen LogP contribution in [0.4, 0.5) is 0 Å². The Morgan fingerprint density at radius 2 is 2.03 bits per heavy atom. The number of fused-ring (bicyclic) bond motifs is 1. The topological polar surface area (TPSA) is 93.3 Å². The molecular weight excluding hydrogens is 366 g/mol. The molecule has 0 radical (unpaired) electrons. The summed E-state index contributed by atoms with van der Waals surface area (Å²) >= 11 is 0. The van der Waals surface area contributed by atoms with E-state index in [0.29, 0.717) is 25.2 Å². The molecule has 0 fully saturated rings. The molecule has 152 valence electrons. The Labute approximate surface area is 169 Å². The normalized spacial score (nSPS) is 11.8. The van der Waals surface area contributed by atoms with Crippen LogP contribution in [0, 0.1) is 25.7 Å². The van der Waals surface area contributed by atoms with Gasteiger partial charge in [0.25, 0.3) is 5.91 Å². The number of nitrogens with zero attached hydrogens (tertiary/aromatic N) is 2.